The molecular formula is C8H14O7P+. The van der Waals surface area contributed by atoms with E-state index in [1.54, 1.807) is 0 Å². The van der Waals surface area contributed by atoms with Crippen LogP contribution in [0.15, 0.2) is 0 Å². The van der Waals surface area contributed by atoms with E-state index in [1.807, 2.05) is 0 Å². The number of carbonyl (C=O) groups is 2. The monoisotopic (exact) mass is 253 g/mol. The standard InChI is InChI=1S/C8H13O7P/c9-7(10)3-1-5-14-16(13)15-6-2-4-8(11)12/h1-6H2,(H-,9,10,11,12)/p+1. The van der Waals surface area contributed by atoms with E-state index in [-0.39, 0.29) is 38.9 Å². The molecule has 0 rings (SSSR count). The van der Waals surface area contributed by atoms with Crippen molar-refractivity contribution in [2.75, 3.05) is 13.2 Å². The highest BCUT2D eigenvalue weighted by molar-refractivity contribution is 7.33. The lowest BCUT2D eigenvalue weighted by Crippen LogP contribution is -1.99. The van der Waals surface area contributed by atoms with Crippen LogP contribution >= 0.6 is 8.25 Å². The van der Waals surface area contributed by atoms with Crippen LogP contribution in [0, 0.1) is 0 Å². The average molecular weight is 253 g/mol. The van der Waals surface area contributed by atoms with E-state index >= 15 is 0 Å². The maximum absolute atomic E-state index is 10.9. The molecule has 0 saturated carbocycles. The minimum Gasteiger partial charge on any atom is -0.481 e. The van der Waals surface area contributed by atoms with Gasteiger partial charge < -0.3 is 10.2 Å². The van der Waals surface area contributed by atoms with Crippen LogP contribution in [-0.2, 0) is 23.2 Å². The summed E-state index contributed by atoms with van der Waals surface area (Å²) in [6.07, 6.45) is 0.411. The summed E-state index contributed by atoms with van der Waals surface area (Å²) < 4.78 is 20.3. The minimum atomic E-state index is -2.28. The molecule has 0 aromatic carbocycles. The number of hydrogen-bond acceptors (Lipinski definition) is 5. The molecule has 0 aromatic heterocycles. The van der Waals surface area contributed by atoms with E-state index in [9.17, 15) is 14.2 Å². The second-order valence-electron chi connectivity index (χ2n) is 2.88. The van der Waals surface area contributed by atoms with Crippen molar-refractivity contribution in [3.05, 3.63) is 0 Å². The van der Waals surface area contributed by atoms with Gasteiger partial charge in [-0.15, -0.1) is 9.05 Å². The molecule has 0 aromatic rings. The predicted molar refractivity (Wildman–Crippen MR) is 53.3 cm³/mol. The van der Waals surface area contributed by atoms with Gasteiger partial charge in [0.15, 0.2) is 0 Å². The summed E-state index contributed by atoms with van der Waals surface area (Å²) in [4.78, 5) is 20.2. The van der Waals surface area contributed by atoms with Crippen LogP contribution in [0.5, 0.6) is 0 Å². The summed E-state index contributed by atoms with van der Waals surface area (Å²) in [7, 11) is -2.28. The Morgan fingerprint density at radius 3 is 1.62 bits per heavy atom. The van der Waals surface area contributed by atoms with E-state index < -0.39 is 20.2 Å². The molecule has 0 unspecified atom stereocenters. The van der Waals surface area contributed by atoms with Crippen molar-refractivity contribution < 1.29 is 33.4 Å². The number of aliphatic carboxylic acids is 2. The first-order valence-electron chi connectivity index (χ1n) is 4.69. The summed E-state index contributed by atoms with van der Waals surface area (Å²) in [5.41, 5.74) is 0. The molecule has 92 valence electrons. The van der Waals surface area contributed by atoms with E-state index in [1.165, 1.54) is 0 Å². The van der Waals surface area contributed by atoms with Gasteiger partial charge in [0.05, 0.1) is 0 Å². The zero-order valence-corrected chi connectivity index (χ0v) is 9.52. The average Bonchev–Trinajstić information content (AvgIpc) is 2.19. The first kappa shape index (κ1) is 15.0. The highest BCUT2D eigenvalue weighted by Gasteiger charge is 2.19. The maximum atomic E-state index is 10.9. The molecule has 0 radical (unpaired) electrons. The van der Waals surface area contributed by atoms with E-state index in [2.05, 4.69) is 9.05 Å². The van der Waals surface area contributed by atoms with Crippen LogP contribution < -0.4 is 0 Å². The van der Waals surface area contributed by atoms with Gasteiger partial charge in [0.2, 0.25) is 0 Å². The number of carboxylic acid groups (broad SMARTS) is 2. The summed E-state index contributed by atoms with van der Waals surface area (Å²) >= 11 is 0. The van der Waals surface area contributed by atoms with Gasteiger partial charge in [-0.25, -0.2) is 0 Å². The van der Waals surface area contributed by atoms with Crippen molar-refractivity contribution in [3.63, 3.8) is 0 Å². The molecule has 0 spiro atoms. The molecule has 0 saturated heterocycles. The molecule has 0 amide bonds. The quantitative estimate of drug-likeness (QED) is 0.447. The normalized spacial score (nSPS) is 10.0. The maximum Gasteiger partial charge on any atom is 0.697 e. The summed E-state index contributed by atoms with van der Waals surface area (Å²) in [6, 6.07) is 0. The molecule has 7 nitrogen and oxygen atoms in total. The Balaban J connectivity index is 3.31. The Kier molecular flexibility index (Phi) is 8.61. The van der Waals surface area contributed by atoms with Crippen molar-refractivity contribution in [2.24, 2.45) is 0 Å². The Labute approximate surface area is 93.3 Å². The first-order chi connectivity index (χ1) is 7.52. The molecule has 0 bridgehead atoms. The molecule has 2 N–H and O–H groups in total. The van der Waals surface area contributed by atoms with Gasteiger partial charge in [-0.05, 0) is 12.8 Å². The Morgan fingerprint density at radius 2 is 1.31 bits per heavy atom. The fourth-order valence-corrected chi connectivity index (χ4v) is 1.39. The summed E-state index contributed by atoms with van der Waals surface area (Å²) in [5.74, 6) is -1.89. The molecule has 0 fully saturated rings. The third-order valence-corrected chi connectivity index (χ3v) is 2.25. The van der Waals surface area contributed by atoms with Gasteiger partial charge in [-0.1, -0.05) is 0 Å². The summed E-state index contributed by atoms with van der Waals surface area (Å²) in [6.45, 7) is 0.0842. The fourth-order valence-electron chi connectivity index (χ4n) is 0.762. The van der Waals surface area contributed by atoms with Crippen molar-refractivity contribution in [1.29, 1.82) is 0 Å². The molecule has 0 atom stereocenters. The van der Waals surface area contributed by atoms with Gasteiger partial charge >= 0.3 is 20.2 Å². The lowest BCUT2D eigenvalue weighted by Gasteiger charge is -1.92. The Morgan fingerprint density at radius 1 is 0.938 bits per heavy atom. The Bertz CT molecular complexity index is 229. The molecule has 8 heteroatoms. The molecule has 0 aliphatic rings. The molecule has 0 aliphatic heterocycles. The molecular weight excluding hydrogens is 239 g/mol. The van der Waals surface area contributed by atoms with Crippen LogP contribution in [0.3, 0.4) is 0 Å². The Hall–Kier alpha value is -1.04. The molecule has 0 aliphatic carbocycles. The number of carboxylic acids is 2. The van der Waals surface area contributed by atoms with Crippen LogP contribution in [-0.4, -0.2) is 35.4 Å². The van der Waals surface area contributed by atoms with Crippen molar-refractivity contribution in [3.8, 4) is 0 Å². The highest BCUT2D eigenvalue weighted by atomic mass is 31.1. The van der Waals surface area contributed by atoms with Gasteiger partial charge in [-0.2, -0.15) is 0 Å². The van der Waals surface area contributed by atoms with E-state index in [4.69, 9.17) is 10.2 Å². The number of hydrogen-bond donors (Lipinski definition) is 2. The van der Waals surface area contributed by atoms with Crippen LogP contribution in [0.25, 0.3) is 0 Å². The first-order valence-corrected chi connectivity index (χ1v) is 5.78. The van der Waals surface area contributed by atoms with Crippen LogP contribution in [0.1, 0.15) is 25.7 Å². The lowest BCUT2D eigenvalue weighted by atomic mass is 10.3. The second kappa shape index (κ2) is 9.21. The van der Waals surface area contributed by atoms with Gasteiger partial charge in [0.25, 0.3) is 0 Å². The molecule has 16 heavy (non-hydrogen) atoms. The second-order valence-corrected chi connectivity index (χ2v) is 3.85. The summed E-state index contributed by atoms with van der Waals surface area (Å²) in [5, 5.41) is 16.6. The molecule has 0 heterocycles. The van der Waals surface area contributed by atoms with Crippen LogP contribution in [0.2, 0.25) is 0 Å². The smallest absolute Gasteiger partial charge is 0.481 e. The van der Waals surface area contributed by atoms with Gasteiger partial charge in [-0.3, -0.25) is 9.59 Å². The third kappa shape index (κ3) is 11.0. The SMILES string of the molecule is O=C(O)CCCO[P+](=O)OCCCC(=O)O. The largest absolute Gasteiger partial charge is 0.697 e. The van der Waals surface area contributed by atoms with Crippen molar-refractivity contribution in [2.45, 2.75) is 25.7 Å². The topological polar surface area (TPSA) is 110 Å². The van der Waals surface area contributed by atoms with Crippen LogP contribution in [0.4, 0.5) is 0 Å². The van der Waals surface area contributed by atoms with Crippen molar-refractivity contribution in [1.82, 2.24) is 0 Å². The van der Waals surface area contributed by atoms with E-state index in [0.717, 1.165) is 0 Å². The van der Waals surface area contributed by atoms with Crippen molar-refractivity contribution >= 4 is 20.2 Å². The number of rotatable bonds is 10. The zero-order valence-electron chi connectivity index (χ0n) is 8.63. The van der Waals surface area contributed by atoms with E-state index in [0.29, 0.717) is 0 Å². The third-order valence-electron chi connectivity index (χ3n) is 1.46. The minimum absolute atomic E-state index is 0.0421. The van der Waals surface area contributed by atoms with Gasteiger partial charge in [0, 0.05) is 17.4 Å². The van der Waals surface area contributed by atoms with Gasteiger partial charge in [0.1, 0.15) is 13.2 Å². The lowest BCUT2D eigenvalue weighted by molar-refractivity contribution is -0.138. The predicted octanol–water partition coefficient (Wildman–Crippen LogP) is 1.41. The fraction of sp³-hybridized carbons (Fsp3) is 0.750. The highest BCUT2D eigenvalue weighted by Crippen LogP contribution is 2.24. The zero-order chi connectivity index (χ0) is 12.4.